The Morgan fingerprint density at radius 1 is 1.55 bits per heavy atom. The zero-order valence-corrected chi connectivity index (χ0v) is 6.32. The first kappa shape index (κ1) is 8.24. The number of carboxylic acid groups (broad SMARTS) is 1. The zero-order valence-electron chi connectivity index (χ0n) is 6.32. The van der Waals surface area contributed by atoms with Gasteiger partial charge in [-0.05, 0) is 25.2 Å². The van der Waals surface area contributed by atoms with Gasteiger partial charge in [0.05, 0.1) is 0 Å². The van der Waals surface area contributed by atoms with Gasteiger partial charge in [-0.3, -0.25) is 4.79 Å². The molecular weight excluding hydrogens is 144 g/mol. The molecule has 2 atom stereocenters. The van der Waals surface area contributed by atoms with Crippen molar-refractivity contribution in [2.75, 3.05) is 0 Å². The summed E-state index contributed by atoms with van der Waals surface area (Å²) in [5.74, 6) is -0.386. The average molecular weight is 156 g/mol. The molecule has 3 heteroatoms. The first-order valence-corrected chi connectivity index (χ1v) is 3.89. The number of carbonyl (C=O) groups is 2. The maximum atomic E-state index is 10.3. The lowest BCUT2D eigenvalue weighted by atomic mass is 10.0. The molecule has 0 bridgehead atoms. The van der Waals surface area contributed by atoms with Gasteiger partial charge >= 0.3 is 5.97 Å². The van der Waals surface area contributed by atoms with E-state index in [1.54, 1.807) is 0 Å². The van der Waals surface area contributed by atoms with Crippen LogP contribution < -0.4 is 0 Å². The topological polar surface area (TPSA) is 54.4 Å². The minimum Gasteiger partial charge on any atom is -0.481 e. The lowest BCUT2D eigenvalue weighted by Gasteiger charge is -2.03. The van der Waals surface area contributed by atoms with Gasteiger partial charge in [0.2, 0.25) is 0 Å². The molecule has 0 amide bonds. The van der Waals surface area contributed by atoms with Crippen molar-refractivity contribution in [3.05, 3.63) is 0 Å². The van der Waals surface area contributed by atoms with Crippen molar-refractivity contribution in [3.8, 4) is 0 Å². The summed E-state index contributed by atoms with van der Waals surface area (Å²) >= 11 is 0. The smallest absolute Gasteiger partial charge is 0.303 e. The molecule has 0 aromatic carbocycles. The Morgan fingerprint density at radius 2 is 2.27 bits per heavy atom. The second-order valence-corrected chi connectivity index (χ2v) is 3.17. The number of carbonyl (C=O) groups excluding carboxylic acids is 1. The molecule has 62 valence electrons. The Labute approximate surface area is 65.4 Å². The van der Waals surface area contributed by atoms with E-state index in [0.29, 0.717) is 0 Å². The van der Waals surface area contributed by atoms with Crippen LogP contribution in [0.25, 0.3) is 0 Å². The van der Waals surface area contributed by atoms with Gasteiger partial charge in [0.1, 0.15) is 6.29 Å². The molecule has 2 unspecified atom stereocenters. The van der Waals surface area contributed by atoms with Crippen LogP contribution in [0.2, 0.25) is 0 Å². The molecule has 1 saturated carbocycles. The Hall–Kier alpha value is -0.860. The molecule has 11 heavy (non-hydrogen) atoms. The Morgan fingerprint density at radius 3 is 2.73 bits per heavy atom. The van der Waals surface area contributed by atoms with Crippen LogP contribution in [0, 0.1) is 11.8 Å². The van der Waals surface area contributed by atoms with E-state index in [0.717, 1.165) is 25.5 Å². The Kier molecular flexibility index (Phi) is 2.63. The van der Waals surface area contributed by atoms with Crippen LogP contribution >= 0.6 is 0 Å². The molecule has 3 nitrogen and oxygen atoms in total. The molecule has 0 aromatic heterocycles. The van der Waals surface area contributed by atoms with E-state index in [2.05, 4.69) is 0 Å². The van der Waals surface area contributed by atoms with Crippen molar-refractivity contribution in [2.45, 2.75) is 25.7 Å². The molecule has 1 aliphatic carbocycles. The molecule has 1 aliphatic rings. The standard InChI is InChI=1S/C8H12O3/c9-5-7-2-1-6(3-7)4-8(10)11/h5-7H,1-4H2,(H,10,11). The quantitative estimate of drug-likeness (QED) is 0.622. The highest BCUT2D eigenvalue weighted by Crippen LogP contribution is 2.31. The van der Waals surface area contributed by atoms with Gasteiger partial charge < -0.3 is 9.90 Å². The van der Waals surface area contributed by atoms with Crippen molar-refractivity contribution in [1.29, 1.82) is 0 Å². The van der Waals surface area contributed by atoms with Gasteiger partial charge in [0.25, 0.3) is 0 Å². The van der Waals surface area contributed by atoms with Crippen LogP contribution in [0.4, 0.5) is 0 Å². The summed E-state index contributed by atoms with van der Waals surface area (Å²) in [6.45, 7) is 0. The van der Waals surface area contributed by atoms with Crippen LogP contribution in [0.3, 0.4) is 0 Å². The number of aldehydes is 1. The van der Waals surface area contributed by atoms with Crippen LogP contribution in [0.5, 0.6) is 0 Å². The summed E-state index contributed by atoms with van der Waals surface area (Å²) in [6.07, 6.45) is 3.72. The van der Waals surface area contributed by atoms with Gasteiger partial charge in [-0.1, -0.05) is 0 Å². The second-order valence-electron chi connectivity index (χ2n) is 3.17. The van der Waals surface area contributed by atoms with Crippen LogP contribution in [0.1, 0.15) is 25.7 Å². The predicted octanol–water partition coefficient (Wildman–Crippen LogP) is 1.08. The van der Waals surface area contributed by atoms with Gasteiger partial charge in [0.15, 0.2) is 0 Å². The van der Waals surface area contributed by atoms with E-state index in [4.69, 9.17) is 5.11 Å². The van der Waals surface area contributed by atoms with Gasteiger partial charge in [0, 0.05) is 12.3 Å². The van der Waals surface area contributed by atoms with Crippen LogP contribution in [-0.4, -0.2) is 17.4 Å². The number of aliphatic carboxylic acids is 1. The minimum atomic E-state index is -0.749. The third kappa shape index (κ3) is 2.33. The van der Waals surface area contributed by atoms with E-state index in [1.165, 1.54) is 0 Å². The fourth-order valence-electron chi connectivity index (χ4n) is 1.67. The van der Waals surface area contributed by atoms with Crippen molar-refractivity contribution in [2.24, 2.45) is 11.8 Å². The maximum Gasteiger partial charge on any atom is 0.303 e. The number of rotatable bonds is 3. The Bertz CT molecular complexity index is 165. The lowest BCUT2D eigenvalue weighted by Crippen LogP contribution is -2.04. The number of carboxylic acids is 1. The van der Waals surface area contributed by atoms with Crippen molar-refractivity contribution in [3.63, 3.8) is 0 Å². The summed E-state index contributed by atoms with van der Waals surface area (Å²) in [5, 5.41) is 8.44. The molecule has 0 spiro atoms. The number of hydrogen-bond donors (Lipinski definition) is 1. The highest BCUT2D eigenvalue weighted by Gasteiger charge is 2.25. The van der Waals surface area contributed by atoms with Gasteiger partial charge in [-0.2, -0.15) is 0 Å². The van der Waals surface area contributed by atoms with Crippen molar-refractivity contribution < 1.29 is 14.7 Å². The van der Waals surface area contributed by atoms with E-state index < -0.39 is 5.97 Å². The first-order chi connectivity index (χ1) is 5.22. The Balaban J connectivity index is 2.29. The predicted molar refractivity (Wildman–Crippen MR) is 39.1 cm³/mol. The molecule has 1 N–H and O–H groups in total. The summed E-state index contributed by atoms with van der Waals surface area (Å²) in [7, 11) is 0. The fourth-order valence-corrected chi connectivity index (χ4v) is 1.67. The normalized spacial score (nSPS) is 30.2. The summed E-state index contributed by atoms with van der Waals surface area (Å²) in [6, 6.07) is 0. The van der Waals surface area contributed by atoms with Crippen molar-refractivity contribution in [1.82, 2.24) is 0 Å². The largest absolute Gasteiger partial charge is 0.481 e. The molecule has 1 fully saturated rings. The van der Waals surface area contributed by atoms with Gasteiger partial charge in [-0.15, -0.1) is 0 Å². The lowest BCUT2D eigenvalue weighted by molar-refractivity contribution is -0.138. The highest BCUT2D eigenvalue weighted by molar-refractivity contribution is 5.67. The summed E-state index contributed by atoms with van der Waals surface area (Å²) in [4.78, 5) is 20.6. The second kappa shape index (κ2) is 3.51. The third-order valence-corrected chi connectivity index (χ3v) is 2.24. The molecule has 0 aromatic rings. The number of hydrogen-bond acceptors (Lipinski definition) is 2. The summed E-state index contributed by atoms with van der Waals surface area (Å²) < 4.78 is 0. The van der Waals surface area contributed by atoms with E-state index in [9.17, 15) is 9.59 Å². The first-order valence-electron chi connectivity index (χ1n) is 3.89. The fraction of sp³-hybridized carbons (Fsp3) is 0.750. The maximum absolute atomic E-state index is 10.3. The average Bonchev–Trinajstić information content (AvgIpc) is 2.34. The third-order valence-electron chi connectivity index (χ3n) is 2.24. The summed E-state index contributed by atoms with van der Waals surface area (Å²) in [5.41, 5.74) is 0. The minimum absolute atomic E-state index is 0.124. The van der Waals surface area contributed by atoms with E-state index in [-0.39, 0.29) is 18.3 Å². The van der Waals surface area contributed by atoms with Crippen LogP contribution in [0.15, 0.2) is 0 Å². The van der Waals surface area contributed by atoms with Crippen molar-refractivity contribution >= 4 is 12.3 Å². The molecule has 0 heterocycles. The molecular formula is C8H12O3. The molecule has 1 rings (SSSR count). The van der Waals surface area contributed by atoms with E-state index in [1.807, 2.05) is 0 Å². The van der Waals surface area contributed by atoms with Gasteiger partial charge in [-0.25, -0.2) is 0 Å². The van der Waals surface area contributed by atoms with Crippen LogP contribution in [-0.2, 0) is 9.59 Å². The molecule has 0 radical (unpaired) electrons. The van der Waals surface area contributed by atoms with E-state index >= 15 is 0 Å². The highest BCUT2D eigenvalue weighted by atomic mass is 16.4. The SMILES string of the molecule is O=CC1CCC(CC(=O)O)C1. The molecule has 0 aliphatic heterocycles. The molecule has 0 saturated heterocycles. The monoisotopic (exact) mass is 156 g/mol. The zero-order chi connectivity index (χ0) is 8.27.